The lowest BCUT2D eigenvalue weighted by Gasteiger charge is -2.28. The van der Waals surface area contributed by atoms with Crippen molar-refractivity contribution in [2.24, 2.45) is 7.05 Å². The molecule has 3 N–H and O–H groups in total. The zero-order chi connectivity index (χ0) is 12.4. The van der Waals surface area contributed by atoms with Crippen molar-refractivity contribution in [2.75, 3.05) is 17.7 Å². The third-order valence-electron chi connectivity index (χ3n) is 3.32. The van der Waals surface area contributed by atoms with E-state index in [1.54, 1.807) is 0 Å². The Labute approximate surface area is 102 Å². The summed E-state index contributed by atoms with van der Waals surface area (Å²) in [5.74, 6) is 0.945. The van der Waals surface area contributed by atoms with E-state index in [0.717, 1.165) is 43.1 Å². The fraction of sp³-hybridized carbons (Fsp3) is 0.750. The lowest BCUT2D eigenvalue weighted by molar-refractivity contribution is 0.0231. The minimum Gasteiger partial charge on any atom is -0.394 e. The van der Waals surface area contributed by atoms with E-state index in [2.05, 4.69) is 24.3 Å². The monoisotopic (exact) mass is 238 g/mol. The number of nitrogens with two attached hydrogens (primary N) is 1. The highest BCUT2D eigenvalue weighted by Gasteiger charge is 2.21. The predicted octanol–water partition coefficient (Wildman–Crippen LogP) is 1.54. The Balaban J connectivity index is 2.10. The molecule has 0 aliphatic carbocycles. The van der Waals surface area contributed by atoms with Gasteiger partial charge in [0.25, 0.3) is 0 Å². The van der Waals surface area contributed by atoms with Gasteiger partial charge in [0.05, 0.1) is 17.5 Å². The largest absolute Gasteiger partial charge is 0.394 e. The molecule has 1 aliphatic rings. The van der Waals surface area contributed by atoms with Gasteiger partial charge in [-0.3, -0.25) is 4.68 Å². The SMILES string of the molecule is CCc1nn(C)c(NC2CCOC(C)C2)c1N. The molecule has 1 aromatic heterocycles. The van der Waals surface area contributed by atoms with Gasteiger partial charge in [0.2, 0.25) is 0 Å². The van der Waals surface area contributed by atoms with Crippen LogP contribution in [0.4, 0.5) is 11.5 Å². The molecule has 0 saturated carbocycles. The number of nitrogens with one attached hydrogen (secondary N) is 1. The van der Waals surface area contributed by atoms with Gasteiger partial charge in [0, 0.05) is 19.7 Å². The average molecular weight is 238 g/mol. The fourth-order valence-electron chi connectivity index (χ4n) is 2.35. The molecule has 1 saturated heterocycles. The lowest BCUT2D eigenvalue weighted by Crippen LogP contribution is -2.33. The second kappa shape index (κ2) is 4.96. The quantitative estimate of drug-likeness (QED) is 0.838. The molecule has 2 rings (SSSR count). The summed E-state index contributed by atoms with van der Waals surface area (Å²) in [6.45, 7) is 4.99. The Morgan fingerprint density at radius 3 is 2.94 bits per heavy atom. The van der Waals surface area contributed by atoms with Gasteiger partial charge in [-0.05, 0) is 26.2 Å². The maximum absolute atomic E-state index is 6.09. The van der Waals surface area contributed by atoms with Crippen molar-refractivity contribution in [1.29, 1.82) is 0 Å². The number of hydrogen-bond acceptors (Lipinski definition) is 4. The normalized spacial score (nSPS) is 24.9. The first-order valence-electron chi connectivity index (χ1n) is 6.31. The van der Waals surface area contributed by atoms with Crippen LogP contribution in [0.15, 0.2) is 0 Å². The van der Waals surface area contributed by atoms with Crippen molar-refractivity contribution in [2.45, 2.75) is 45.3 Å². The Morgan fingerprint density at radius 1 is 1.59 bits per heavy atom. The van der Waals surface area contributed by atoms with E-state index in [4.69, 9.17) is 10.5 Å². The summed E-state index contributed by atoms with van der Waals surface area (Å²) in [6.07, 6.45) is 3.23. The number of aryl methyl sites for hydroxylation is 2. The van der Waals surface area contributed by atoms with Crippen molar-refractivity contribution < 1.29 is 4.74 Å². The standard InChI is InChI=1S/C12H22N4O/c1-4-10-11(13)12(16(3)15-10)14-9-5-6-17-8(2)7-9/h8-9,14H,4-7,13H2,1-3H3. The van der Waals surface area contributed by atoms with E-state index < -0.39 is 0 Å². The van der Waals surface area contributed by atoms with Crippen LogP contribution >= 0.6 is 0 Å². The van der Waals surface area contributed by atoms with Crippen molar-refractivity contribution in [3.63, 3.8) is 0 Å². The number of ether oxygens (including phenoxy) is 1. The van der Waals surface area contributed by atoms with Crippen molar-refractivity contribution in [1.82, 2.24) is 9.78 Å². The number of anilines is 2. The van der Waals surface area contributed by atoms with Crippen molar-refractivity contribution in [3.8, 4) is 0 Å². The number of rotatable bonds is 3. The van der Waals surface area contributed by atoms with E-state index >= 15 is 0 Å². The molecule has 2 heterocycles. The summed E-state index contributed by atoms with van der Waals surface area (Å²) in [7, 11) is 1.93. The topological polar surface area (TPSA) is 65.1 Å². The van der Waals surface area contributed by atoms with Gasteiger partial charge in [-0.25, -0.2) is 0 Å². The van der Waals surface area contributed by atoms with Crippen LogP contribution in [-0.4, -0.2) is 28.5 Å². The van der Waals surface area contributed by atoms with E-state index in [1.807, 2.05) is 11.7 Å². The summed E-state index contributed by atoms with van der Waals surface area (Å²) in [6, 6.07) is 0.432. The molecule has 2 atom stereocenters. The molecule has 0 amide bonds. The van der Waals surface area contributed by atoms with Crippen LogP contribution in [0.1, 0.15) is 32.4 Å². The van der Waals surface area contributed by atoms with E-state index in [1.165, 1.54) is 0 Å². The first-order valence-corrected chi connectivity index (χ1v) is 6.31. The predicted molar refractivity (Wildman–Crippen MR) is 69.1 cm³/mol. The van der Waals surface area contributed by atoms with Crippen LogP contribution in [-0.2, 0) is 18.2 Å². The fourth-order valence-corrected chi connectivity index (χ4v) is 2.35. The van der Waals surface area contributed by atoms with Crippen LogP contribution in [0.25, 0.3) is 0 Å². The maximum Gasteiger partial charge on any atom is 0.147 e. The zero-order valence-electron chi connectivity index (χ0n) is 10.9. The number of nitrogens with zero attached hydrogens (tertiary/aromatic N) is 2. The molecule has 1 fully saturated rings. The molecule has 2 unspecified atom stereocenters. The van der Waals surface area contributed by atoms with Crippen LogP contribution in [0, 0.1) is 0 Å². The third-order valence-corrected chi connectivity index (χ3v) is 3.32. The van der Waals surface area contributed by atoms with Gasteiger partial charge in [0.1, 0.15) is 5.82 Å². The van der Waals surface area contributed by atoms with Crippen LogP contribution in [0.2, 0.25) is 0 Å². The Kier molecular flexibility index (Phi) is 3.57. The molecule has 0 radical (unpaired) electrons. The lowest BCUT2D eigenvalue weighted by atomic mass is 10.0. The summed E-state index contributed by atoms with van der Waals surface area (Å²) in [4.78, 5) is 0. The van der Waals surface area contributed by atoms with Gasteiger partial charge in [-0.15, -0.1) is 0 Å². The molecule has 1 aliphatic heterocycles. The summed E-state index contributed by atoms with van der Waals surface area (Å²) in [5, 5.41) is 7.91. The second-order valence-electron chi connectivity index (χ2n) is 4.73. The molecule has 0 spiro atoms. The van der Waals surface area contributed by atoms with Gasteiger partial charge in [0.15, 0.2) is 0 Å². The maximum atomic E-state index is 6.09. The Bertz CT molecular complexity index is 388. The van der Waals surface area contributed by atoms with Gasteiger partial charge in [-0.1, -0.05) is 6.92 Å². The molecule has 96 valence electrons. The second-order valence-corrected chi connectivity index (χ2v) is 4.73. The minimum atomic E-state index is 0.321. The van der Waals surface area contributed by atoms with Gasteiger partial charge < -0.3 is 15.8 Å². The number of nitrogen functional groups attached to an aromatic ring is 1. The van der Waals surface area contributed by atoms with Crippen molar-refractivity contribution in [3.05, 3.63) is 5.69 Å². The first-order chi connectivity index (χ1) is 8.11. The number of hydrogen-bond donors (Lipinski definition) is 2. The summed E-state index contributed by atoms with van der Waals surface area (Å²) < 4.78 is 7.38. The zero-order valence-corrected chi connectivity index (χ0v) is 10.9. The van der Waals surface area contributed by atoms with Gasteiger partial charge >= 0.3 is 0 Å². The van der Waals surface area contributed by atoms with Crippen LogP contribution < -0.4 is 11.1 Å². The minimum absolute atomic E-state index is 0.321. The highest BCUT2D eigenvalue weighted by Crippen LogP contribution is 2.25. The van der Waals surface area contributed by atoms with E-state index in [0.29, 0.717) is 12.1 Å². The van der Waals surface area contributed by atoms with Crippen LogP contribution in [0.5, 0.6) is 0 Å². The highest BCUT2D eigenvalue weighted by molar-refractivity contribution is 5.65. The molecule has 17 heavy (non-hydrogen) atoms. The molecule has 0 aromatic carbocycles. The Hall–Kier alpha value is -1.23. The molecular weight excluding hydrogens is 216 g/mol. The molecule has 1 aromatic rings. The average Bonchev–Trinajstić information content (AvgIpc) is 2.56. The van der Waals surface area contributed by atoms with Gasteiger partial charge in [-0.2, -0.15) is 5.10 Å². The summed E-state index contributed by atoms with van der Waals surface area (Å²) >= 11 is 0. The van der Waals surface area contributed by atoms with Crippen molar-refractivity contribution >= 4 is 11.5 Å². The number of aromatic nitrogens is 2. The Morgan fingerprint density at radius 2 is 2.35 bits per heavy atom. The third kappa shape index (κ3) is 2.54. The molecule has 5 heteroatoms. The first kappa shape index (κ1) is 12.2. The smallest absolute Gasteiger partial charge is 0.147 e. The van der Waals surface area contributed by atoms with Crippen LogP contribution in [0.3, 0.4) is 0 Å². The molecular formula is C12H22N4O. The van der Waals surface area contributed by atoms with E-state index in [9.17, 15) is 0 Å². The highest BCUT2D eigenvalue weighted by atomic mass is 16.5. The van der Waals surface area contributed by atoms with E-state index in [-0.39, 0.29) is 0 Å². The summed E-state index contributed by atoms with van der Waals surface area (Å²) in [5.41, 5.74) is 7.84. The molecule has 5 nitrogen and oxygen atoms in total. The molecule has 0 bridgehead atoms.